The van der Waals surface area contributed by atoms with Gasteiger partial charge in [0.05, 0.1) is 12.2 Å². The van der Waals surface area contributed by atoms with Crippen molar-refractivity contribution in [3.8, 4) is 0 Å². The van der Waals surface area contributed by atoms with Gasteiger partial charge in [0.2, 0.25) is 10.9 Å². The molecule has 20 heavy (non-hydrogen) atoms. The first kappa shape index (κ1) is 13.2. The number of hydrogen-bond acceptors (Lipinski definition) is 6. The number of fused-ring (bicyclic) bond motifs is 1. The number of rotatable bonds is 3. The van der Waals surface area contributed by atoms with Crippen molar-refractivity contribution >= 4 is 22.2 Å². The fourth-order valence-corrected chi connectivity index (χ4v) is 3.03. The van der Waals surface area contributed by atoms with Gasteiger partial charge in [0.15, 0.2) is 0 Å². The quantitative estimate of drug-likeness (QED) is 0.836. The minimum atomic E-state index is -0.164. The smallest absolute Gasteiger partial charge is 0.275 e. The van der Waals surface area contributed by atoms with E-state index in [2.05, 4.69) is 15.4 Å². The van der Waals surface area contributed by atoms with E-state index in [0.717, 1.165) is 18.0 Å². The topological polar surface area (TPSA) is 79.6 Å². The van der Waals surface area contributed by atoms with Crippen molar-refractivity contribution in [3.05, 3.63) is 27.1 Å². The Morgan fingerprint density at radius 2 is 2.30 bits per heavy atom. The Kier molecular flexibility index (Phi) is 3.49. The van der Waals surface area contributed by atoms with Gasteiger partial charge in [0, 0.05) is 25.7 Å². The standard InChI is InChI=1S/C12H15N5O2S/c1-2-10-15-17-11(19)5-8(14-12(17)20-10)6-16-4-3-13-9(18)7-16/h5H,2-4,6-7H2,1H3,(H,13,18). The molecule has 1 saturated heterocycles. The van der Waals surface area contributed by atoms with E-state index in [-0.39, 0.29) is 11.5 Å². The summed E-state index contributed by atoms with van der Waals surface area (Å²) in [6, 6.07) is 1.50. The molecule has 0 bridgehead atoms. The monoisotopic (exact) mass is 293 g/mol. The molecular formula is C12H15N5O2S. The van der Waals surface area contributed by atoms with Gasteiger partial charge < -0.3 is 5.32 Å². The highest BCUT2D eigenvalue weighted by atomic mass is 32.1. The maximum Gasteiger partial charge on any atom is 0.275 e. The van der Waals surface area contributed by atoms with Crippen LogP contribution < -0.4 is 10.9 Å². The van der Waals surface area contributed by atoms with Gasteiger partial charge >= 0.3 is 0 Å². The Morgan fingerprint density at radius 3 is 3.05 bits per heavy atom. The van der Waals surface area contributed by atoms with E-state index < -0.39 is 0 Å². The van der Waals surface area contributed by atoms with Gasteiger partial charge in [-0.05, 0) is 6.42 Å². The van der Waals surface area contributed by atoms with Crippen LogP contribution in [-0.4, -0.2) is 45.0 Å². The highest BCUT2D eigenvalue weighted by molar-refractivity contribution is 7.16. The predicted octanol–water partition coefficient (Wildman–Crippen LogP) is -0.355. The van der Waals surface area contributed by atoms with Gasteiger partial charge in [-0.3, -0.25) is 14.5 Å². The molecule has 0 aromatic carbocycles. The Hall–Kier alpha value is -1.80. The van der Waals surface area contributed by atoms with Crippen LogP contribution in [0.4, 0.5) is 0 Å². The zero-order valence-corrected chi connectivity index (χ0v) is 11.9. The molecule has 1 aliphatic rings. The second-order valence-electron chi connectivity index (χ2n) is 4.69. The van der Waals surface area contributed by atoms with E-state index in [1.165, 1.54) is 21.9 Å². The van der Waals surface area contributed by atoms with E-state index in [0.29, 0.717) is 30.3 Å². The second kappa shape index (κ2) is 5.29. The molecule has 0 saturated carbocycles. The van der Waals surface area contributed by atoms with Crippen LogP contribution in [0.5, 0.6) is 0 Å². The van der Waals surface area contributed by atoms with Crippen LogP contribution in [0, 0.1) is 0 Å². The normalized spacial score (nSPS) is 16.6. The maximum absolute atomic E-state index is 12.0. The number of aromatic nitrogens is 3. The summed E-state index contributed by atoms with van der Waals surface area (Å²) in [6.07, 6.45) is 0.787. The molecule has 2 aromatic rings. The molecule has 106 valence electrons. The van der Waals surface area contributed by atoms with Gasteiger partial charge in [-0.2, -0.15) is 9.61 Å². The molecular weight excluding hydrogens is 278 g/mol. The van der Waals surface area contributed by atoms with Crippen LogP contribution in [0.1, 0.15) is 17.6 Å². The lowest BCUT2D eigenvalue weighted by Gasteiger charge is -2.25. The molecule has 0 spiro atoms. The van der Waals surface area contributed by atoms with Crippen LogP contribution in [0.3, 0.4) is 0 Å². The van der Waals surface area contributed by atoms with E-state index in [1.54, 1.807) is 0 Å². The maximum atomic E-state index is 12.0. The lowest BCUT2D eigenvalue weighted by molar-refractivity contribution is -0.124. The number of carbonyl (C=O) groups is 1. The third-order valence-corrected chi connectivity index (χ3v) is 4.20. The summed E-state index contributed by atoms with van der Waals surface area (Å²) in [5.74, 6) is 0.0140. The summed E-state index contributed by atoms with van der Waals surface area (Å²) >= 11 is 1.43. The van der Waals surface area contributed by atoms with Crippen molar-refractivity contribution < 1.29 is 4.79 Å². The molecule has 3 heterocycles. The van der Waals surface area contributed by atoms with Crippen LogP contribution in [-0.2, 0) is 17.8 Å². The Morgan fingerprint density at radius 1 is 1.45 bits per heavy atom. The third-order valence-electron chi connectivity index (χ3n) is 3.15. The molecule has 0 atom stereocenters. The van der Waals surface area contributed by atoms with Gasteiger partial charge in [-0.25, -0.2) is 4.98 Å². The van der Waals surface area contributed by atoms with Crippen LogP contribution in [0.25, 0.3) is 4.96 Å². The van der Waals surface area contributed by atoms with E-state index in [4.69, 9.17) is 0 Å². The first-order valence-electron chi connectivity index (χ1n) is 6.53. The van der Waals surface area contributed by atoms with Crippen LogP contribution in [0.2, 0.25) is 0 Å². The molecule has 8 heteroatoms. The second-order valence-corrected chi connectivity index (χ2v) is 5.73. The van der Waals surface area contributed by atoms with Gasteiger partial charge in [-0.15, -0.1) is 0 Å². The van der Waals surface area contributed by atoms with Gasteiger partial charge in [0.1, 0.15) is 5.01 Å². The van der Waals surface area contributed by atoms with E-state index >= 15 is 0 Å². The minimum absolute atomic E-state index is 0.0140. The number of piperazine rings is 1. The summed E-state index contributed by atoms with van der Waals surface area (Å²) < 4.78 is 1.34. The number of nitrogens with one attached hydrogen (secondary N) is 1. The van der Waals surface area contributed by atoms with Crippen molar-refractivity contribution in [1.82, 2.24) is 24.8 Å². The fourth-order valence-electron chi connectivity index (χ4n) is 2.18. The molecule has 7 nitrogen and oxygen atoms in total. The molecule has 1 fully saturated rings. The molecule has 1 N–H and O–H groups in total. The average molecular weight is 293 g/mol. The highest BCUT2D eigenvalue weighted by Crippen LogP contribution is 2.12. The van der Waals surface area contributed by atoms with E-state index in [9.17, 15) is 9.59 Å². The zero-order chi connectivity index (χ0) is 14.1. The molecule has 1 amide bonds. The summed E-state index contributed by atoms with van der Waals surface area (Å²) in [4.78, 5) is 30.4. The summed E-state index contributed by atoms with van der Waals surface area (Å²) in [5.41, 5.74) is 0.526. The van der Waals surface area contributed by atoms with Crippen molar-refractivity contribution in [3.63, 3.8) is 0 Å². The van der Waals surface area contributed by atoms with Crippen LogP contribution >= 0.6 is 11.3 Å². The number of nitrogens with zero attached hydrogens (tertiary/aromatic N) is 4. The summed E-state index contributed by atoms with van der Waals surface area (Å²) in [5, 5.41) is 7.88. The predicted molar refractivity (Wildman–Crippen MR) is 74.8 cm³/mol. The largest absolute Gasteiger partial charge is 0.354 e. The van der Waals surface area contributed by atoms with Crippen molar-refractivity contribution in [1.29, 1.82) is 0 Å². The highest BCUT2D eigenvalue weighted by Gasteiger charge is 2.17. The Balaban J connectivity index is 1.88. The minimum Gasteiger partial charge on any atom is -0.354 e. The number of hydrogen-bond donors (Lipinski definition) is 1. The zero-order valence-electron chi connectivity index (χ0n) is 11.1. The molecule has 2 aromatic heterocycles. The van der Waals surface area contributed by atoms with Crippen molar-refractivity contribution in [2.45, 2.75) is 19.9 Å². The van der Waals surface area contributed by atoms with E-state index in [1.807, 2.05) is 11.8 Å². The number of amides is 1. The first-order valence-corrected chi connectivity index (χ1v) is 7.35. The lowest BCUT2D eigenvalue weighted by atomic mass is 10.3. The summed E-state index contributed by atoms with van der Waals surface area (Å²) in [6.45, 7) is 4.27. The Bertz CT molecular complexity index is 707. The molecule has 0 aliphatic carbocycles. The number of aryl methyl sites for hydroxylation is 1. The summed E-state index contributed by atoms with van der Waals surface area (Å²) in [7, 11) is 0. The fraction of sp³-hybridized carbons (Fsp3) is 0.500. The molecule has 0 radical (unpaired) electrons. The van der Waals surface area contributed by atoms with Crippen molar-refractivity contribution in [2.75, 3.05) is 19.6 Å². The molecule has 3 rings (SSSR count). The van der Waals surface area contributed by atoms with Gasteiger partial charge in [0.25, 0.3) is 5.56 Å². The molecule has 0 unspecified atom stereocenters. The van der Waals surface area contributed by atoms with Crippen LogP contribution in [0.15, 0.2) is 10.9 Å². The average Bonchev–Trinajstić information content (AvgIpc) is 2.82. The lowest BCUT2D eigenvalue weighted by Crippen LogP contribution is -2.47. The van der Waals surface area contributed by atoms with Crippen molar-refractivity contribution in [2.24, 2.45) is 0 Å². The Labute approximate surface area is 119 Å². The first-order chi connectivity index (χ1) is 9.65. The number of carbonyl (C=O) groups excluding carboxylic acids is 1. The SMILES string of the molecule is CCc1nn2c(=O)cc(CN3CCNC(=O)C3)nc2s1. The third kappa shape index (κ3) is 2.56. The van der Waals surface area contributed by atoms with Gasteiger partial charge in [-0.1, -0.05) is 18.3 Å². The molecule has 1 aliphatic heterocycles.